The van der Waals surface area contributed by atoms with Crippen molar-refractivity contribution in [2.45, 2.75) is 0 Å². The minimum absolute atomic E-state index is 0.356. The number of aromatic nitrogens is 2. The molecule has 0 aliphatic rings. The van der Waals surface area contributed by atoms with Gasteiger partial charge in [-0.1, -0.05) is 34.8 Å². The first-order valence-electron chi connectivity index (χ1n) is 3.44. The standard InChI is InChI=1S/C8H3Cl3N2/c9-4-1-5-7(6(10)2-4)12-3-13-8(5)11/h1-3H. The molecule has 0 N–H and O–H groups in total. The van der Waals surface area contributed by atoms with Crippen LogP contribution >= 0.6 is 34.8 Å². The summed E-state index contributed by atoms with van der Waals surface area (Å²) in [5.74, 6) is 0. The Morgan fingerprint density at radius 1 is 1.00 bits per heavy atom. The summed E-state index contributed by atoms with van der Waals surface area (Å²) in [5.41, 5.74) is 0.617. The molecule has 66 valence electrons. The topological polar surface area (TPSA) is 25.8 Å². The number of rotatable bonds is 0. The highest BCUT2D eigenvalue weighted by molar-refractivity contribution is 6.40. The maximum atomic E-state index is 5.90. The van der Waals surface area contributed by atoms with Crippen LogP contribution in [0, 0.1) is 0 Å². The van der Waals surface area contributed by atoms with Gasteiger partial charge < -0.3 is 0 Å². The maximum Gasteiger partial charge on any atom is 0.140 e. The summed E-state index contributed by atoms with van der Waals surface area (Å²) in [6, 6.07) is 3.31. The van der Waals surface area contributed by atoms with Gasteiger partial charge >= 0.3 is 0 Å². The summed E-state index contributed by atoms with van der Waals surface area (Å²) in [7, 11) is 0. The number of hydrogen-bond acceptors (Lipinski definition) is 2. The molecule has 0 amide bonds. The van der Waals surface area contributed by atoms with E-state index >= 15 is 0 Å². The van der Waals surface area contributed by atoms with Gasteiger partial charge in [0.2, 0.25) is 0 Å². The molecule has 5 heteroatoms. The molecule has 2 rings (SSSR count). The van der Waals surface area contributed by atoms with Gasteiger partial charge in [0.15, 0.2) is 0 Å². The van der Waals surface area contributed by atoms with Crippen molar-refractivity contribution in [3.63, 3.8) is 0 Å². The van der Waals surface area contributed by atoms with Gasteiger partial charge in [0.25, 0.3) is 0 Å². The van der Waals surface area contributed by atoms with E-state index in [1.54, 1.807) is 12.1 Å². The van der Waals surface area contributed by atoms with E-state index < -0.39 is 0 Å². The molecule has 2 nitrogen and oxygen atoms in total. The van der Waals surface area contributed by atoms with Crippen LogP contribution in [0.15, 0.2) is 18.5 Å². The Labute approximate surface area is 89.5 Å². The lowest BCUT2D eigenvalue weighted by molar-refractivity contribution is 1.22. The van der Waals surface area contributed by atoms with Crippen molar-refractivity contribution in [2.24, 2.45) is 0 Å². The lowest BCUT2D eigenvalue weighted by Gasteiger charge is -2.00. The smallest absolute Gasteiger partial charge is 0.140 e. The van der Waals surface area contributed by atoms with E-state index in [-0.39, 0.29) is 0 Å². The van der Waals surface area contributed by atoms with Gasteiger partial charge in [-0.2, -0.15) is 0 Å². The van der Waals surface area contributed by atoms with Crippen LogP contribution in [-0.4, -0.2) is 9.97 Å². The molecule has 0 bridgehead atoms. The van der Waals surface area contributed by atoms with Gasteiger partial charge in [0.1, 0.15) is 11.5 Å². The molecule has 2 aromatic rings. The minimum atomic E-state index is 0.356. The van der Waals surface area contributed by atoms with Crippen LogP contribution in [0.25, 0.3) is 10.9 Å². The molecule has 0 unspecified atom stereocenters. The molecule has 1 heterocycles. The fourth-order valence-corrected chi connectivity index (χ4v) is 1.79. The Balaban J connectivity index is 2.94. The van der Waals surface area contributed by atoms with Crippen LogP contribution in [0.1, 0.15) is 0 Å². The molecule has 0 saturated carbocycles. The van der Waals surface area contributed by atoms with Crippen LogP contribution in [0.5, 0.6) is 0 Å². The van der Waals surface area contributed by atoms with E-state index in [2.05, 4.69) is 9.97 Å². The first-order valence-corrected chi connectivity index (χ1v) is 4.57. The lowest BCUT2D eigenvalue weighted by Crippen LogP contribution is -1.84. The molecule has 0 spiro atoms. The average Bonchev–Trinajstić information content (AvgIpc) is 2.07. The molecule has 1 aromatic heterocycles. The summed E-state index contributed by atoms with van der Waals surface area (Å²) in [4.78, 5) is 7.82. The van der Waals surface area contributed by atoms with E-state index in [1.807, 2.05) is 0 Å². The number of halogens is 3. The third kappa shape index (κ3) is 1.57. The molecule has 13 heavy (non-hydrogen) atoms. The molecule has 1 aromatic carbocycles. The van der Waals surface area contributed by atoms with Crippen molar-refractivity contribution < 1.29 is 0 Å². The first kappa shape index (κ1) is 9.00. The Morgan fingerprint density at radius 2 is 1.77 bits per heavy atom. The SMILES string of the molecule is Clc1cc(Cl)c2ncnc(Cl)c2c1. The van der Waals surface area contributed by atoms with E-state index in [9.17, 15) is 0 Å². The predicted octanol–water partition coefficient (Wildman–Crippen LogP) is 3.59. The fourth-order valence-electron chi connectivity index (χ4n) is 1.06. The second-order valence-corrected chi connectivity index (χ2v) is 3.65. The third-order valence-electron chi connectivity index (χ3n) is 1.61. The molecule has 0 aliphatic carbocycles. The first-order chi connectivity index (χ1) is 6.18. The Hall–Kier alpha value is -0.570. The van der Waals surface area contributed by atoms with Crippen molar-refractivity contribution in [1.82, 2.24) is 9.97 Å². The highest BCUT2D eigenvalue weighted by Crippen LogP contribution is 2.29. The molecule has 0 saturated heterocycles. The van der Waals surface area contributed by atoms with Crippen molar-refractivity contribution in [3.8, 4) is 0 Å². The van der Waals surface area contributed by atoms with Gasteiger partial charge in [-0.05, 0) is 12.1 Å². The summed E-state index contributed by atoms with van der Waals surface area (Å²) in [6.07, 6.45) is 1.37. The van der Waals surface area contributed by atoms with E-state index in [4.69, 9.17) is 34.8 Å². The second-order valence-electron chi connectivity index (χ2n) is 2.45. The van der Waals surface area contributed by atoms with Crippen molar-refractivity contribution >= 4 is 45.7 Å². The fraction of sp³-hybridized carbons (Fsp3) is 0. The average molecular weight is 233 g/mol. The van der Waals surface area contributed by atoms with Gasteiger partial charge in [-0.25, -0.2) is 9.97 Å². The van der Waals surface area contributed by atoms with Crippen LogP contribution in [-0.2, 0) is 0 Å². The molecule has 0 aliphatic heterocycles. The number of nitrogens with zero attached hydrogens (tertiary/aromatic N) is 2. The molecular weight excluding hydrogens is 230 g/mol. The van der Waals surface area contributed by atoms with Crippen LogP contribution in [0.4, 0.5) is 0 Å². The molecule has 0 radical (unpaired) electrons. The van der Waals surface area contributed by atoms with Crippen molar-refractivity contribution in [3.05, 3.63) is 33.7 Å². The van der Waals surface area contributed by atoms with Crippen LogP contribution in [0.3, 0.4) is 0 Å². The molecular formula is C8H3Cl3N2. The Morgan fingerprint density at radius 3 is 2.54 bits per heavy atom. The summed E-state index contributed by atoms with van der Waals surface area (Å²) < 4.78 is 0. The van der Waals surface area contributed by atoms with E-state index in [0.29, 0.717) is 26.1 Å². The highest BCUT2D eigenvalue weighted by atomic mass is 35.5. The highest BCUT2D eigenvalue weighted by Gasteiger charge is 2.05. The zero-order valence-corrected chi connectivity index (χ0v) is 8.53. The quantitative estimate of drug-likeness (QED) is 0.650. The van der Waals surface area contributed by atoms with Crippen molar-refractivity contribution in [2.75, 3.05) is 0 Å². The lowest BCUT2D eigenvalue weighted by atomic mass is 10.2. The Bertz CT molecular complexity index is 470. The van der Waals surface area contributed by atoms with Gasteiger partial charge in [-0.3, -0.25) is 0 Å². The van der Waals surface area contributed by atoms with Gasteiger partial charge in [0.05, 0.1) is 10.5 Å². The van der Waals surface area contributed by atoms with Crippen LogP contribution < -0.4 is 0 Å². The molecule has 0 fully saturated rings. The van der Waals surface area contributed by atoms with Gasteiger partial charge in [0, 0.05) is 10.4 Å². The number of fused-ring (bicyclic) bond motifs is 1. The zero-order valence-electron chi connectivity index (χ0n) is 6.26. The zero-order chi connectivity index (χ0) is 9.42. The predicted molar refractivity (Wildman–Crippen MR) is 54.6 cm³/mol. The maximum absolute atomic E-state index is 5.90. The van der Waals surface area contributed by atoms with Crippen molar-refractivity contribution in [1.29, 1.82) is 0 Å². The minimum Gasteiger partial charge on any atom is -0.235 e. The largest absolute Gasteiger partial charge is 0.235 e. The van der Waals surface area contributed by atoms with Gasteiger partial charge in [-0.15, -0.1) is 0 Å². The monoisotopic (exact) mass is 232 g/mol. The summed E-state index contributed by atoms with van der Waals surface area (Å²) in [5, 5.41) is 2.03. The Kier molecular flexibility index (Phi) is 2.28. The number of hydrogen-bond donors (Lipinski definition) is 0. The summed E-state index contributed by atoms with van der Waals surface area (Å²) >= 11 is 17.5. The van der Waals surface area contributed by atoms with E-state index in [1.165, 1.54) is 6.33 Å². The third-order valence-corrected chi connectivity index (χ3v) is 2.42. The normalized spacial score (nSPS) is 10.7. The second kappa shape index (κ2) is 3.29. The van der Waals surface area contributed by atoms with Crippen LogP contribution in [0.2, 0.25) is 15.2 Å². The molecule has 0 atom stereocenters. The summed E-state index contributed by atoms with van der Waals surface area (Å²) in [6.45, 7) is 0. The van der Waals surface area contributed by atoms with E-state index in [0.717, 1.165) is 0 Å². The number of benzene rings is 1.